The highest BCUT2D eigenvalue weighted by Gasteiger charge is 2.36. The van der Waals surface area contributed by atoms with Gasteiger partial charge in [0.25, 0.3) is 0 Å². The topological polar surface area (TPSA) is 59.1 Å². The van der Waals surface area contributed by atoms with E-state index in [0.29, 0.717) is 11.0 Å². The van der Waals surface area contributed by atoms with E-state index in [1.54, 1.807) is 0 Å². The number of aliphatic hydroxyl groups is 1. The molecule has 15 heavy (non-hydrogen) atoms. The second-order valence-corrected chi connectivity index (χ2v) is 5.81. The van der Waals surface area contributed by atoms with Gasteiger partial charge in [-0.25, -0.2) is 4.98 Å². The number of halogens is 1. The first kappa shape index (κ1) is 11.3. The Morgan fingerprint density at radius 2 is 2.27 bits per heavy atom. The highest BCUT2D eigenvalue weighted by Crippen LogP contribution is 2.41. The summed E-state index contributed by atoms with van der Waals surface area (Å²) in [6.07, 6.45) is 5.19. The minimum Gasteiger partial charge on any atom is -0.393 e. The maximum absolute atomic E-state index is 9.51. The Morgan fingerprint density at radius 3 is 2.73 bits per heavy atom. The Labute approximate surface area is 98.3 Å². The number of rotatable bonds is 2. The third-order valence-corrected chi connectivity index (χ3v) is 4.66. The average Bonchev–Trinajstić information content (AvgIpc) is 2.67. The zero-order chi connectivity index (χ0) is 10.9. The Bertz CT molecular complexity index is 334. The van der Waals surface area contributed by atoms with Crippen molar-refractivity contribution in [3.05, 3.63) is 15.5 Å². The van der Waals surface area contributed by atoms with Crippen molar-refractivity contribution in [1.29, 1.82) is 0 Å². The minimum absolute atomic E-state index is 0.00400. The Hall–Kier alpha value is -0.160. The van der Waals surface area contributed by atoms with Crippen molar-refractivity contribution in [3.8, 4) is 0 Å². The molecule has 2 rings (SSSR count). The lowest BCUT2D eigenvalue weighted by molar-refractivity contribution is 0.0984. The summed E-state index contributed by atoms with van der Waals surface area (Å²) in [5.41, 5.74) is 5.88. The molecule has 1 saturated carbocycles. The van der Waals surface area contributed by atoms with Gasteiger partial charge in [0.15, 0.2) is 4.47 Å². The number of nitrogens with two attached hydrogens (primary N) is 1. The van der Waals surface area contributed by atoms with Crippen LogP contribution in [0, 0.1) is 0 Å². The monoisotopic (exact) mass is 246 g/mol. The van der Waals surface area contributed by atoms with Gasteiger partial charge in [-0.15, -0.1) is 11.3 Å². The van der Waals surface area contributed by atoms with Crippen LogP contribution in [0.1, 0.15) is 30.6 Å². The van der Waals surface area contributed by atoms with Gasteiger partial charge in [0, 0.05) is 23.0 Å². The molecule has 0 radical (unpaired) electrons. The van der Waals surface area contributed by atoms with Crippen molar-refractivity contribution in [3.63, 3.8) is 0 Å². The lowest BCUT2D eigenvalue weighted by Crippen LogP contribution is -2.39. The maximum Gasteiger partial charge on any atom is 0.183 e. The molecule has 0 aromatic carbocycles. The van der Waals surface area contributed by atoms with E-state index in [-0.39, 0.29) is 11.5 Å². The standard InChI is InChI=1S/C10H15ClN2OS/c11-9-13-5-8(15-9)10(6-12)3-1-7(14)2-4-10/h5,7,14H,1-4,6,12H2. The van der Waals surface area contributed by atoms with E-state index >= 15 is 0 Å². The third kappa shape index (κ3) is 2.18. The lowest BCUT2D eigenvalue weighted by atomic mass is 9.72. The highest BCUT2D eigenvalue weighted by molar-refractivity contribution is 7.15. The molecule has 0 spiro atoms. The molecule has 1 fully saturated rings. The summed E-state index contributed by atoms with van der Waals surface area (Å²) in [5.74, 6) is 0. The van der Waals surface area contributed by atoms with Gasteiger partial charge in [0.2, 0.25) is 0 Å². The summed E-state index contributed by atoms with van der Waals surface area (Å²) in [6, 6.07) is 0. The van der Waals surface area contributed by atoms with Crippen LogP contribution in [0.4, 0.5) is 0 Å². The van der Waals surface area contributed by atoms with Gasteiger partial charge in [-0.1, -0.05) is 11.6 Å². The molecule has 1 aliphatic rings. The van der Waals surface area contributed by atoms with Crippen LogP contribution in [0.15, 0.2) is 6.20 Å². The zero-order valence-corrected chi connectivity index (χ0v) is 10.0. The smallest absolute Gasteiger partial charge is 0.183 e. The van der Waals surface area contributed by atoms with Crippen molar-refractivity contribution < 1.29 is 5.11 Å². The molecule has 0 aliphatic heterocycles. The number of thiazole rings is 1. The van der Waals surface area contributed by atoms with E-state index in [0.717, 1.165) is 25.7 Å². The van der Waals surface area contributed by atoms with Crippen LogP contribution in [-0.4, -0.2) is 22.7 Å². The Balaban J connectivity index is 2.22. The summed E-state index contributed by atoms with van der Waals surface area (Å²) in [5, 5.41) is 9.51. The number of hydrogen-bond acceptors (Lipinski definition) is 4. The van der Waals surface area contributed by atoms with Crippen molar-refractivity contribution in [2.24, 2.45) is 5.73 Å². The lowest BCUT2D eigenvalue weighted by Gasteiger charge is -2.36. The van der Waals surface area contributed by atoms with Crippen LogP contribution in [0.3, 0.4) is 0 Å². The van der Waals surface area contributed by atoms with E-state index in [1.807, 2.05) is 6.20 Å². The predicted molar refractivity (Wildman–Crippen MR) is 62.3 cm³/mol. The van der Waals surface area contributed by atoms with Crippen molar-refractivity contribution in [1.82, 2.24) is 4.98 Å². The van der Waals surface area contributed by atoms with Crippen LogP contribution in [0.25, 0.3) is 0 Å². The van der Waals surface area contributed by atoms with Crippen LogP contribution in [0.2, 0.25) is 4.47 Å². The molecule has 0 amide bonds. The van der Waals surface area contributed by atoms with Crippen molar-refractivity contribution >= 4 is 22.9 Å². The summed E-state index contributed by atoms with van der Waals surface area (Å²) < 4.78 is 0.573. The second kappa shape index (κ2) is 4.37. The van der Waals surface area contributed by atoms with Gasteiger partial charge in [-0.3, -0.25) is 0 Å². The van der Waals surface area contributed by atoms with Gasteiger partial charge in [-0.2, -0.15) is 0 Å². The van der Waals surface area contributed by atoms with Gasteiger partial charge in [0.05, 0.1) is 6.10 Å². The van der Waals surface area contributed by atoms with E-state index in [1.165, 1.54) is 16.2 Å². The van der Waals surface area contributed by atoms with Crippen LogP contribution < -0.4 is 5.73 Å². The van der Waals surface area contributed by atoms with E-state index in [9.17, 15) is 5.11 Å². The molecule has 0 bridgehead atoms. The highest BCUT2D eigenvalue weighted by atomic mass is 35.5. The fourth-order valence-corrected chi connectivity index (χ4v) is 3.40. The minimum atomic E-state index is -0.159. The quantitative estimate of drug-likeness (QED) is 0.838. The zero-order valence-electron chi connectivity index (χ0n) is 8.45. The predicted octanol–water partition coefficient (Wildman–Crippen LogP) is 1.93. The molecule has 1 aromatic rings. The first-order chi connectivity index (χ1) is 7.16. The molecular weight excluding hydrogens is 232 g/mol. The molecule has 0 saturated heterocycles. The molecule has 5 heteroatoms. The summed E-state index contributed by atoms with van der Waals surface area (Å²) in [4.78, 5) is 5.24. The molecule has 0 unspecified atom stereocenters. The first-order valence-corrected chi connectivity index (χ1v) is 6.36. The second-order valence-electron chi connectivity index (χ2n) is 4.19. The van der Waals surface area contributed by atoms with Gasteiger partial charge in [-0.05, 0) is 25.7 Å². The van der Waals surface area contributed by atoms with Crippen molar-refractivity contribution in [2.75, 3.05) is 6.54 Å². The average molecular weight is 247 g/mol. The van der Waals surface area contributed by atoms with E-state index in [2.05, 4.69) is 4.98 Å². The third-order valence-electron chi connectivity index (χ3n) is 3.30. The SMILES string of the molecule is NCC1(c2cnc(Cl)s2)CCC(O)CC1. The van der Waals surface area contributed by atoms with Gasteiger partial charge in [0.1, 0.15) is 0 Å². The summed E-state index contributed by atoms with van der Waals surface area (Å²) in [6.45, 7) is 0.609. The van der Waals surface area contributed by atoms with Crippen LogP contribution in [0.5, 0.6) is 0 Å². The van der Waals surface area contributed by atoms with Crippen LogP contribution >= 0.6 is 22.9 Å². The fraction of sp³-hybridized carbons (Fsp3) is 0.700. The molecule has 3 nitrogen and oxygen atoms in total. The number of aromatic nitrogens is 1. The fourth-order valence-electron chi connectivity index (χ4n) is 2.20. The molecule has 3 N–H and O–H groups in total. The maximum atomic E-state index is 9.51. The van der Waals surface area contributed by atoms with Gasteiger partial charge >= 0.3 is 0 Å². The van der Waals surface area contributed by atoms with Crippen LogP contribution in [-0.2, 0) is 5.41 Å². The first-order valence-electron chi connectivity index (χ1n) is 5.16. The summed E-state index contributed by atoms with van der Waals surface area (Å²) in [7, 11) is 0. The van der Waals surface area contributed by atoms with Gasteiger partial charge < -0.3 is 10.8 Å². The molecule has 84 valence electrons. The Kier molecular flexibility index (Phi) is 3.30. The van der Waals surface area contributed by atoms with E-state index < -0.39 is 0 Å². The molecule has 1 aromatic heterocycles. The van der Waals surface area contributed by atoms with E-state index in [4.69, 9.17) is 17.3 Å². The Morgan fingerprint density at radius 1 is 1.60 bits per heavy atom. The molecule has 1 aliphatic carbocycles. The largest absolute Gasteiger partial charge is 0.393 e. The van der Waals surface area contributed by atoms with Crippen molar-refractivity contribution in [2.45, 2.75) is 37.2 Å². The summed E-state index contributed by atoms with van der Waals surface area (Å²) >= 11 is 7.36. The molecule has 1 heterocycles. The normalized spacial score (nSPS) is 31.8. The molecule has 0 atom stereocenters. The number of nitrogens with zero attached hydrogens (tertiary/aromatic N) is 1. The molecular formula is C10H15ClN2OS. The number of aliphatic hydroxyl groups excluding tert-OH is 1. The number of hydrogen-bond donors (Lipinski definition) is 2.